The highest BCUT2D eigenvalue weighted by Gasteiger charge is 2.22. The first-order valence-electron chi connectivity index (χ1n) is 10.2. The predicted octanol–water partition coefficient (Wildman–Crippen LogP) is 5.07. The SMILES string of the molecule is COc1ccc(-c2cc(=O)oc3cc(OC)c(OC)c(OC)c23)cc1OCc1ccccc1. The van der Waals surface area contributed by atoms with Crippen LogP contribution in [0.3, 0.4) is 0 Å². The van der Waals surface area contributed by atoms with Crippen LogP contribution in [-0.4, -0.2) is 28.4 Å². The van der Waals surface area contributed by atoms with E-state index in [2.05, 4.69) is 0 Å². The molecule has 0 unspecified atom stereocenters. The van der Waals surface area contributed by atoms with Gasteiger partial charge in [0.05, 0.1) is 33.8 Å². The molecule has 0 aliphatic rings. The third-order valence-corrected chi connectivity index (χ3v) is 5.25. The van der Waals surface area contributed by atoms with Crippen molar-refractivity contribution in [2.75, 3.05) is 28.4 Å². The first kappa shape index (κ1) is 22.1. The van der Waals surface area contributed by atoms with Crippen LogP contribution in [0, 0.1) is 0 Å². The minimum Gasteiger partial charge on any atom is -0.493 e. The van der Waals surface area contributed by atoms with Gasteiger partial charge in [0.25, 0.3) is 0 Å². The maximum Gasteiger partial charge on any atom is 0.336 e. The highest BCUT2D eigenvalue weighted by Crippen LogP contribution is 2.47. The largest absolute Gasteiger partial charge is 0.493 e. The number of benzene rings is 3. The van der Waals surface area contributed by atoms with Crippen molar-refractivity contribution in [2.45, 2.75) is 6.61 Å². The van der Waals surface area contributed by atoms with E-state index in [9.17, 15) is 4.79 Å². The maximum absolute atomic E-state index is 12.4. The molecular weight excluding hydrogens is 424 g/mol. The summed E-state index contributed by atoms with van der Waals surface area (Å²) in [6.45, 7) is 0.368. The summed E-state index contributed by atoms with van der Waals surface area (Å²) in [6, 6.07) is 18.3. The molecule has 0 radical (unpaired) electrons. The molecule has 1 heterocycles. The fourth-order valence-electron chi connectivity index (χ4n) is 3.72. The monoisotopic (exact) mass is 448 g/mol. The van der Waals surface area contributed by atoms with E-state index in [0.29, 0.717) is 51.9 Å². The molecule has 3 aromatic carbocycles. The molecule has 4 aromatic rings. The summed E-state index contributed by atoms with van der Waals surface area (Å²) in [7, 11) is 6.13. The normalized spacial score (nSPS) is 10.7. The van der Waals surface area contributed by atoms with Crippen molar-refractivity contribution in [1.82, 2.24) is 0 Å². The Bertz CT molecular complexity index is 1330. The fraction of sp³-hybridized carbons (Fsp3) is 0.192. The van der Waals surface area contributed by atoms with Crippen molar-refractivity contribution >= 4 is 11.0 Å². The van der Waals surface area contributed by atoms with E-state index in [1.807, 2.05) is 42.5 Å². The fourth-order valence-corrected chi connectivity index (χ4v) is 3.72. The summed E-state index contributed by atoms with van der Waals surface area (Å²) < 4.78 is 33.6. The van der Waals surface area contributed by atoms with Gasteiger partial charge in [-0.15, -0.1) is 0 Å². The van der Waals surface area contributed by atoms with Crippen molar-refractivity contribution in [3.63, 3.8) is 0 Å². The van der Waals surface area contributed by atoms with Gasteiger partial charge in [0.1, 0.15) is 12.2 Å². The van der Waals surface area contributed by atoms with Crippen LogP contribution in [0.4, 0.5) is 0 Å². The van der Waals surface area contributed by atoms with Crippen molar-refractivity contribution in [3.8, 4) is 39.9 Å². The highest BCUT2D eigenvalue weighted by atomic mass is 16.5. The summed E-state index contributed by atoms with van der Waals surface area (Å²) in [4.78, 5) is 12.4. The number of hydrogen-bond acceptors (Lipinski definition) is 7. The van der Waals surface area contributed by atoms with Gasteiger partial charge >= 0.3 is 5.63 Å². The molecule has 0 bridgehead atoms. The molecule has 0 aliphatic heterocycles. The minimum absolute atomic E-state index is 0.314. The van der Waals surface area contributed by atoms with E-state index < -0.39 is 5.63 Å². The molecule has 0 saturated carbocycles. The summed E-state index contributed by atoms with van der Waals surface area (Å²) in [5.74, 6) is 2.31. The molecule has 170 valence electrons. The van der Waals surface area contributed by atoms with Crippen LogP contribution in [0.1, 0.15) is 5.56 Å². The smallest absolute Gasteiger partial charge is 0.336 e. The zero-order valence-electron chi connectivity index (χ0n) is 18.8. The Morgan fingerprint density at radius 2 is 1.45 bits per heavy atom. The van der Waals surface area contributed by atoms with E-state index in [1.54, 1.807) is 19.2 Å². The maximum atomic E-state index is 12.4. The van der Waals surface area contributed by atoms with Crippen molar-refractivity contribution < 1.29 is 28.1 Å². The molecule has 0 fully saturated rings. The van der Waals surface area contributed by atoms with E-state index in [-0.39, 0.29) is 0 Å². The first-order chi connectivity index (χ1) is 16.1. The van der Waals surface area contributed by atoms with Crippen LogP contribution >= 0.6 is 0 Å². The number of ether oxygens (including phenoxy) is 5. The van der Waals surface area contributed by atoms with Gasteiger partial charge in [-0.2, -0.15) is 0 Å². The lowest BCUT2D eigenvalue weighted by atomic mass is 10.00. The Balaban J connectivity index is 1.88. The molecule has 0 saturated heterocycles. The molecule has 0 spiro atoms. The van der Waals surface area contributed by atoms with Crippen molar-refractivity contribution in [1.29, 1.82) is 0 Å². The molecule has 7 nitrogen and oxygen atoms in total. The lowest BCUT2D eigenvalue weighted by molar-refractivity contribution is 0.284. The van der Waals surface area contributed by atoms with Gasteiger partial charge < -0.3 is 28.1 Å². The van der Waals surface area contributed by atoms with E-state index >= 15 is 0 Å². The van der Waals surface area contributed by atoms with Crippen LogP contribution in [-0.2, 0) is 6.61 Å². The van der Waals surface area contributed by atoms with Gasteiger partial charge in [-0.25, -0.2) is 4.79 Å². The zero-order valence-corrected chi connectivity index (χ0v) is 18.8. The third-order valence-electron chi connectivity index (χ3n) is 5.25. The topological polar surface area (TPSA) is 76.4 Å². The van der Waals surface area contributed by atoms with Gasteiger partial charge in [-0.1, -0.05) is 36.4 Å². The van der Waals surface area contributed by atoms with Crippen LogP contribution in [0.2, 0.25) is 0 Å². The van der Waals surface area contributed by atoms with Crippen LogP contribution in [0.25, 0.3) is 22.1 Å². The lowest BCUT2D eigenvalue weighted by Gasteiger charge is -2.17. The third kappa shape index (κ3) is 4.30. The van der Waals surface area contributed by atoms with Crippen LogP contribution < -0.4 is 29.3 Å². The second-order valence-corrected chi connectivity index (χ2v) is 7.14. The van der Waals surface area contributed by atoms with Gasteiger partial charge in [0, 0.05) is 17.7 Å². The average molecular weight is 448 g/mol. The van der Waals surface area contributed by atoms with Crippen LogP contribution in [0.5, 0.6) is 28.7 Å². The molecule has 0 atom stereocenters. The second-order valence-electron chi connectivity index (χ2n) is 7.14. The lowest BCUT2D eigenvalue weighted by Crippen LogP contribution is -2.03. The summed E-state index contributed by atoms with van der Waals surface area (Å²) in [5, 5.41) is 0.578. The van der Waals surface area contributed by atoms with Gasteiger partial charge in [-0.05, 0) is 23.3 Å². The summed E-state index contributed by atoms with van der Waals surface area (Å²) in [6.07, 6.45) is 0. The number of rotatable bonds is 8. The van der Waals surface area contributed by atoms with Gasteiger partial charge in [-0.3, -0.25) is 0 Å². The van der Waals surface area contributed by atoms with E-state index in [1.165, 1.54) is 27.4 Å². The Hall–Kier alpha value is -4.13. The Morgan fingerprint density at radius 3 is 2.12 bits per heavy atom. The Labute approximate surface area is 191 Å². The quantitative estimate of drug-likeness (QED) is 0.348. The molecule has 0 amide bonds. The highest BCUT2D eigenvalue weighted by molar-refractivity contribution is 6.01. The Kier molecular flexibility index (Phi) is 6.40. The Morgan fingerprint density at radius 1 is 0.727 bits per heavy atom. The summed E-state index contributed by atoms with van der Waals surface area (Å²) >= 11 is 0. The second kappa shape index (κ2) is 9.56. The van der Waals surface area contributed by atoms with Gasteiger partial charge in [0.2, 0.25) is 5.75 Å². The van der Waals surface area contributed by atoms with Crippen molar-refractivity contribution in [3.05, 3.63) is 76.6 Å². The van der Waals surface area contributed by atoms with Crippen molar-refractivity contribution in [2.24, 2.45) is 0 Å². The predicted molar refractivity (Wildman–Crippen MR) is 125 cm³/mol. The standard InChI is InChI=1S/C26H24O7/c1-28-19-11-10-17(12-20(19)32-15-16-8-6-5-7-9-16)18-13-23(27)33-21-14-22(29-2)25(30-3)26(31-4)24(18)21/h5-14H,15H2,1-4H3. The molecule has 33 heavy (non-hydrogen) atoms. The molecule has 1 aromatic heterocycles. The van der Waals surface area contributed by atoms with Crippen LogP contribution in [0.15, 0.2) is 69.9 Å². The molecule has 0 aliphatic carbocycles. The number of fused-ring (bicyclic) bond motifs is 1. The molecule has 4 rings (SSSR count). The van der Waals surface area contributed by atoms with E-state index in [4.69, 9.17) is 28.1 Å². The number of methoxy groups -OCH3 is 4. The average Bonchev–Trinajstić information content (AvgIpc) is 2.85. The van der Waals surface area contributed by atoms with E-state index in [0.717, 1.165) is 11.1 Å². The molecule has 7 heteroatoms. The zero-order chi connectivity index (χ0) is 23.4. The number of hydrogen-bond donors (Lipinski definition) is 0. The molecular formula is C26H24O7. The minimum atomic E-state index is -0.505. The van der Waals surface area contributed by atoms with Gasteiger partial charge in [0.15, 0.2) is 23.0 Å². The first-order valence-corrected chi connectivity index (χ1v) is 10.2. The summed E-state index contributed by atoms with van der Waals surface area (Å²) in [5.41, 5.74) is 2.16. The molecule has 0 N–H and O–H groups in total.